The van der Waals surface area contributed by atoms with Crippen molar-refractivity contribution in [1.29, 1.82) is 0 Å². The quantitative estimate of drug-likeness (QED) is 0.711. The van der Waals surface area contributed by atoms with Crippen LogP contribution in [0, 0.1) is 0 Å². The third-order valence-corrected chi connectivity index (χ3v) is 4.63. The van der Waals surface area contributed by atoms with Gasteiger partial charge >= 0.3 is 0 Å². The molecule has 1 aromatic carbocycles. The van der Waals surface area contributed by atoms with Crippen molar-refractivity contribution in [1.82, 2.24) is 10.3 Å². The number of nitrogens with one attached hydrogen (secondary N) is 1. The number of rotatable bonds is 4. The van der Waals surface area contributed by atoms with Crippen molar-refractivity contribution in [2.45, 2.75) is 6.04 Å². The molecule has 2 heterocycles. The first-order valence-electron chi connectivity index (χ1n) is 6.83. The van der Waals surface area contributed by atoms with Crippen LogP contribution >= 0.6 is 34.5 Å². The number of pyridine rings is 1. The lowest BCUT2D eigenvalue weighted by molar-refractivity contribution is 0.0943. The molecule has 0 saturated heterocycles. The molecule has 0 aliphatic rings. The van der Waals surface area contributed by atoms with Crippen molar-refractivity contribution in [3.05, 3.63) is 86.3 Å². The van der Waals surface area contributed by atoms with Crippen LogP contribution < -0.4 is 5.32 Å². The van der Waals surface area contributed by atoms with E-state index < -0.39 is 0 Å². The lowest BCUT2D eigenvalue weighted by atomic mass is 10.0. The molecule has 116 valence electrons. The van der Waals surface area contributed by atoms with Crippen molar-refractivity contribution < 1.29 is 4.79 Å². The molecular formula is C17H12Cl2N2OS. The van der Waals surface area contributed by atoms with Gasteiger partial charge in [-0.05, 0) is 46.2 Å². The third-order valence-electron chi connectivity index (χ3n) is 3.37. The Bertz CT molecular complexity index is 804. The van der Waals surface area contributed by atoms with Crippen molar-refractivity contribution in [2.24, 2.45) is 0 Å². The fourth-order valence-electron chi connectivity index (χ4n) is 2.22. The first-order chi connectivity index (χ1) is 11.1. The summed E-state index contributed by atoms with van der Waals surface area (Å²) >= 11 is 13.6. The van der Waals surface area contributed by atoms with Gasteiger partial charge < -0.3 is 5.32 Å². The zero-order valence-corrected chi connectivity index (χ0v) is 14.2. The highest BCUT2D eigenvalue weighted by molar-refractivity contribution is 7.08. The Morgan fingerprint density at radius 3 is 2.52 bits per heavy atom. The summed E-state index contributed by atoms with van der Waals surface area (Å²) in [5.41, 5.74) is 2.36. The summed E-state index contributed by atoms with van der Waals surface area (Å²) in [5.74, 6) is -0.247. The van der Waals surface area contributed by atoms with E-state index in [0.29, 0.717) is 15.6 Å². The summed E-state index contributed by atoms with van der Waals surface area (Å²) in [6.07, 6.45) is 3.00. The monoisotopic (exact) mass is 362 g/mol. The van der Waals surface area contributed by atoms with E-state index in [1.54, 1.807) is 23.6 Å². The molecule has 1 amide bonds. The largest absolute Gasteiger partial charge is 0.341 e. The Morgan fingerprint density at radius 2 is 1.87 bits per heavy atom. The average Bonchev–Trinajstić information content (AvgIpc) is 3.08. The van der Waals surface area contributed by atoms with E-state index >= 15 is 0 Å². The average molecular weight is 363 g/mol. The van der Waals surface area contributed by atoms with Crippen molar-refractivity contribution in [2.75, 3.05) is 0 Å². The number of hydrogen-bond acceptors (Lipinski definition) is 3. The minimum absolute atomic E-state index is 0.247. The predicted octanol–water partition coefficient (Wildman–Crippen LogP) is 4.97. The lowest BCUT2D eigenvalue weighted by Crippen LogP contribution is -2.29. The predicted molar refractivity (Wildman–Crippen MR) is 94.3 cm³/mol. The highest BCUT2D eigenvalue weighted by atomic mass is 35.5. The molecule has 0 bridgehead atoms. The number of aromatic nitrogens is 1. The van der Waals surface area contributed by atoms with Gasteiger partial charge in [0.05, 0.1) is 16.6 Å². The van der Waals surface area contributed by atoms with Crippen LogP contribution in [0.2, 0.25) is 10.0 Å². The molecule has 6 heteroatoms. The van der Waals surface area contributed by atoms with E-state index in [1.165, 1.54) is 6.20 Å². The standard InChI is InChI=1S/C17H12Cl2N2OS/c18-13-3-1-11(2-4-13)16(12-6-8-23-10-12)21-17(22)14-5-7-20-9-15(14)19/h1-10,16H,(H,21,22)/t16-/m1/s1. The smallest absolute Gasteiger partial charge is 0.253 e. The number of amides is 1. The highest BCUT2D eigenvalue weighted by Gasteiger charge is 2.19. The summed E-state index contributed by atoms with van der Waals surface area (Å²) in [6, 6.07) is 10.7. The summed E-state index contributed by atoms with van der Waals surface area (Å²) in [7, 11) is 0. The van der Waals surface area contributed by atoms with E-state index in [0.717, 1.165) is 11.1 Å². The molecule has 0 radical (unpaired) electrons. The minimum Gasteiger partial charge on any atom is -0.341 e. The van der Waals surface area contributed by atoms with Gasteiger partial charge in [0.1, 0.15) is 0 Å². The molecule has 3 aromatic rings. The Hall–Kier alpha value is -1.88. The van der Waals surface area contributed by atoms with Gasteiger partial charge in [0.25, 0.3) is 5.91 Å². The van der Waals surface area contributed by atoms with E-state index in [2.05, 4.69) is 10.3 Å². The van der Waals surface area contributed by atoms with Crippen molar-refractivity contribution in [3.63, 3.8) is 0 Å². The number of thiophene rings is 1. The SMILES string of the molecule is O=C(N[C@H](c1ccc(Cl)cc1)c1ccsc1)c1ccncc1Cl. The minimum atomic E-state index is -0.268. The molecule has 0 unspecified atom stereocenters. The summed E-state index contributed by atoms with van der Waals surface area (Å²) in [6.45, 7) is 0. The van der Waals surface area contributed by atoms with Gasteiger partial charge in [-0.3, -0.25) is 9.78 Å². The summed E-state index contributed by atoms with van der Waals surface area (Å²) in [4.78, 5) is 16.5. The van der Waals surface area contributed by atoms with Gasteiger partial charge in [0.15, 0.2) is 0 Å². The van der Waals surface area contributed by atoms with Crippen LogP contribution in [0.3, 0.4) is 0 Å². The summed E-state index contributed by atoms with van der Waals surface area (Å²) in [5, 5.41) is 7.99. The van der Waals surface area contributed by atoms with Crippen LogP contribution in [0.15, 0.2) is 59.6 Å². The van der Waals surface area contributed by atoms with Crippen LogP contribution in [-0.4, -0.2) is 10.9 Å². The van der Waals surface area contributed by atoms with Gasteiger partial charge in [0, 0.05) is 17.4 Å². The van der Waals surface area contributed by atoms with Crippen LogP contribution in [0.4, 0.5) is 0 Å². The molecule has 0 saturated carbocycles. The second-order valence-electron chi connectivity index (χ2n) is 4.87. The molecule has 23 heavy (non-hydrogen) atoms. The molecule has 3 rings (SSSR count). The Labute approximate surface area is 147 Å². The second kappa shape index (κ2) is 7.13. The zero-order chi connectivity index (χ0) is 16.2. The maximum atomic E-state index is 12.6. The summed E-state index contributed by atoms with van der Waals surface area (Å²) < 4.78 is 0. The molecule has 2 aromatic heterocycles. The van der Waals surface area contributed by atoms with Crippen LogP contribution in [0.1, 0.15) is 27.5 Å². The molecule has 1 N–H and O–H groups in total. The van der Waals surface area contributed by atoms with Gasteiger partial charge in [0.2, 0.25) is 0 Å². The highest BCUT2D eigenvalue weighted by Crippen LogP contribution is 2.26. The Morgan fingerprint density at radius 1 is 1.09 bits per heavy atom. The molecule has 0 aliphatic carbocycles. The lowest BCUT2D eigenvalue weighted by Gasteiger charge is -2.19. The third kappa shape index (κ3) is 3.72. The van der Waals surface area contributed by atoms with Crippen LogP contribution in [0.5, 0.6) is 0 Å². The molecule has 0 spiro atoms. The number of carbonyl (C=O) groups excluding carboxylic acids is 1. The van der Waals surface area contributed by atoms with Gasteiger partial charge in [-0.2, -0.15) is 11.3 Å². The van der Waals surface area contributed by atoms with Crippen LogP contribution in [0.25, 0.3) is 0 Å². The van der Waals surface area contributed by atoms with Crippen molar-refractivity contribution in [3.8, 4) is 0 Å². The van der Waals surface area contributed by atoms with Gasteiger partial charge in [-0.1, -0.05) is 35.3 Å². The molecule has 3 nitrogen and oxygen atoms in total. The fourth-order valence-corrected chi connectivity index (χ4v) is 3.24. The van der Waals surface area contributed by atoms with E-state index in [-0.39, 0.29) is 11.9 Å². The van der Waals surface area contributed by atoms with Gasteiger partial charge in [-0.25, -0.2) is 0 Å². The first kappa shape index (κ1) is 16.0. The second-order valence-corrected chi connectivity index (χ2v) is 6.49. The Balaban J connectivity index is 1.92. The van der Waals surface area contributed by atoms with E-state index in [1.807, 2.05) is 41.1 Å². The molecular weight excluding hydrogens is 351 g/mol. The number of halogens is 2. The normalized spacial score (nSPS) is 11.9. The molecule has 0 aliphatic heterocycles. The Kier molecular flexibility index (Phi) is 4.96. The molecule has 1 atom stereocenters. The topological polar surface area (TPSA) is 42.0 Å². The van der Waals surface area contributed by atoms with Crippen molar-refractivity contribution >= 4 is 40.4 Å². The first-order valence-corrected chi connectivity index (χ1v) is 8.53. The maximum Gasteiger partial charge on any atom is 0.253 e. The molecule has 0 fully saturated rings. The number of benzene rings is 1. The maximum absolute atomic E-state index is 12.6. The van der Waals surface area contributed by atoms with E-state index in [4.69, 9.17) is 23.2 Å². The van der Waals surface area contributed by atoms with E-state index in [9.17, 15) is 4.79 Å². The zero-order valence-electron chi connectivity index (χ0n) is 11.9. The number of carbonyl (C=O) groups is 1. The van der Waals surface area contributed by atoms with Gasteiger partial charge in [-0.15, -0.1) is 0 Å². The van der Waals surface area contributed by atoms with Crippen LogP contribution in [-0.2, 0) is 0 Å². The fraction of sp³-hybridized carbons (Fsp3) is 0.0588. The number of nitrogens with zero attached hydrogens (tertiary/aromatic N) is 1. The number of hydrogen-bond donors (Lipinski definition) is 1.